The average molecular weight is 265 g/mol. The van der Waals surface area contributed by atoms with Gasteiger partial charge in [0.05, 0.1) is 12.7 Å². The van der Waals surface area contributed by atoms with Crippen LogP contribution in [0.15, 0.2) is 18.3 Å². The fourth-order valence-corrected chi connectivity index (χ4v) is 2.65. The van der Waals surface area contributed by atoms with E-state index in [9.17, 15) is 0 Å². The van der Waals surface area contributed by atoms with Crippen molar-refractivity contribution in [3.8, 4) is 0 Å². The Bertz CT molecular complexity index is 377. The molecule has 0 spiro atoms. The quantitative estimate of drug-likeness (QED) is 0.851. The summed E-state index contributed by atoms with van der Waals surface area (Å²) in [7, 11) is 2.16. The van der Waals surface area contributed by atoms with Crippen LogP contribution in [0, 0.1) is 0 Å². The van der Waals surface area contributed by atoms with Crippen LogP contribution in [0.4, 0.5) is 0 Å². The molecule has 0 aliphatic carbocycles. The van der Waals surface area contributed by atoms with Crippen LogP contribution < -0.4 is 5.32 Å². The first-order valence-corrected chi connectivity index (χ1v) is 7.39. The van der Waals surface area contributed by atoms with Gasteiger partial charge in [-0.25, -0.2) is 0 Å². The fraction of sp³-hybridized carbons (Fsp3) is 0.733. The van der Waals surface area contributed by atoms with Gasteiger partial charge in [0.1, 0.15) is 0 Å². The molecule has 1 saturated heterocycles. The number of rotatable bonds is 6. The third-order valence-electron chi connectivity index (χ3n) is 3.75. The second-order valence-corrected chi connectivity index (χ2v) is 5.52. The van der Waals surface area contributed by atoms with Crippen molar-refractivity contribution in [2.75, 3.05) is 33.3 Å². The van der Waals surface area contributed by atoms with E-state index in [0.29, 0.717) is 12.1 Å². The number of ether oxygens (including phenoxy) is 1. The van der Waals surface area contributed by atoms with Crippen LogP contribution in [0.1, 0.15) is 32.0 Å². The summed E-state index contributed by atoms with van der Waals surface area (Å²) < 4.78 is 8.19. The summed E-state index contributed by atoms with van der Waals surface area (Å²) in [6.07, 6.45) is 3.64. The Kier molecular flexibility index (Phi) is 5.43. The number of hydrogen-bond donors (Lipinski definition) is 1. The second kappa shape index (κ2) is 7.08. The number of hydrogen-bond acceptors (Lipinski definition) is 3. The molecule has 4 heteroatoms. The number of nitrogens with one attached hydrogen (secondary N) is 1. The van der Waals surface area contributed by atoms with E-state index in [1.54, 1.807) is 0 Å². The van der Waals surface area contributed by atoms with E-state index < -0.39 is 0 Å². The van der Waals surface area contributed by atoms with E-state index in [0.717, 1.165) is 32.8 Å². The molecule has 2 heterocycles. The first-order chi connectivity index (χ1) is 9.20. The molecule has 1 aliphatic heterocycles. The lowest BCUT2D eigenvalue weighted by molar-refractivity contribution is -0.0278. The van der Waals surface area contributed by atoms with Gasteiger partial charge in [-0.2, -0.15) is 0 Å². The van der Waals surface area contributed by atoms with E-state index in [-0.39, 0.29) is 0 Å². The summed E-state index contributed by atoms with van der Waals surface area (Å²) in [6.45, 7) is 9.36. The van der Waals surface area contributed by atoms with Crippen molar-refractivity contribution >= 4 is 0 Å². The number of nitrogens with zero attached hydrogens (tertiary/aromatic N) is 2. The molecule has 2 atom stereocenters. The van der Waals surface area contributed by atoms with Gasteiger partial charge in [-0.3, -0.25) is 0 Å². The molecule has 1 aromatic rings. The topological polar surface area (TPSA) is 29.4 Å². The lowest BCUT2D eigenvalue weighted by Gasteiger charge is -2.31. The van der Waals surface area contributed by atoms with Crippen molar-refractivity contribution in [2.45, 2.75) is 39.0 Å². The van der Waals surface area contributed by atoms with Crippen molar-refractivity contribution < 1.29 is 4.74 Å². The minimum Gasteiger partial charge on any atom is -0.374 e. The molecule has 0 saturated carbocycles. The molecule has 108 valence electrons. The average Bonchev–Trinajstić information content (AvgIpc) is 2.84. The van der Waals surface area contributed by atoms with Gasteiger partial charge in [0.2, 0.25) is 0 Å². The van der Waals surface area contributed by atoms with Gasteiger partial charge in [-0.1, -0.05) is 6.92 Å². The Labute approximate surface area is 116 Å². The summed E-state index contributed by atoms with van der Waals surface area (Å²) in [5.74, 6) is 0. The second-order valence-electron chi connectivity index (χ2n) is 5.52. The third-order valence-corrected chi connectivity index (χ3v) is 3.75. The van der Waals surface area contributed by atoms with Gasteiger partial charge in [-0.15, -0.1) is 0 Å². The molecule has 0 aromatic carbocycles. The zero-order chi connectivity index (χ0) is 13.7. The summed E-state index contributed by atoms with van der Waals surface area (Å²) in [5, 5.41) is 3.55. The minimum atomic E-state index is 0.309. The number of aromatic nitrogens is 1. The highest BCUT2D eigenvalue weighted by Crippen LogP contribution is 2.15. The molecule has 1 aliphatic rings. The van der Waals surface area contributed by atoms with Crippen LogP contribution in [0.25, 0.3) is 0 Å². The summed E-state index contributed by atoms with van der Waals surface area (Å²) in [4.78, 5) is 2.34. The van der Waals surface area contributed by atoms with Gasteiger partial charge >= 0.3 is 0 Å². The standard InChI is InChI=1S/C15H27N3O/c1-4-7-16-13(2)15-6-5-8-18(15)12-14-11-17(3)9-10-19-14/h5-6,8,13-14,16H,4,7,9-12H2,1-3H3. The highest BCUT2D eigenvalue weighted by atomic mass is 16.5. The fourth-order valence-electron chi connectivity index (χ4n) is 2.65. The highest BCUT2D eigenvalue weighted by Gasteiger charge is 2.19. The number of morpholine rings is 1. The van der Waals surface area contributed by atoms with E-state index in [2.05, 4.69) is 54.0 Å². The first-order valence-electron chi connectivity index (χ1n) is 7.39. The molecule has 2 rings (SSSR count). The van der Waals surface area contributed by atoms with Gasteiger partial charge in [-0.05, 0) is 39.1 Å². The SMILES string of the molecule is CCCNC(C)c1cccn1CC1CN(C)CCO1. The predicted molar refractivity (Wildman–Crippen MR) is 78.4 cm³/mol. The van der Waals surface area contributed by atoms with Crippen LogP contribution in [-0.2, 0) is 11.3 Å². The molecule has 19 heavy (non-hydrogen) atoms. The lowest BCUT2D eigenvalue weighted by Crippen LogP contribution is -2.42. The maximum atomic E-state index is 5.85. The Hall–Kier alpha value is -0.840. The molecule has 0 bridgehead atoms. The van der Waals surface area contributed by atoms with Crippen molar-refractivity contribution in [2.24, 2.45) is 0 Å². The molecule has 4 nitrogen and oxygen atoms in total. The molecule has 2 unspecified atom stereocenters. The zero-order valence-electron chi connectivity index (χ0n) is 12.4. The zero-order valence-corrected chi connectivity index (χ0v) is 12.4. The molecular weight excluding hydrogens is 238 g/mol. The van der Waals surface area contributed by atoms with Crippen molar-refractivity contribution in [1.29, 1.82) is 0 Å². The highest BCUT2D eigenvalue weighted by molar-refractivity contribution is 5.11. The summed E-state index contributed by atoms with van der Waals surface area (Å²) in [5.41, 5.74) is 1.35. The van der Waals surface area contributed by atoms with Crippen LogP contribution >= 0.6 is 0 Å². The molecular formula is C15H27N3O. The number of likely N-dealkylation sites (N-methyl/N-ethyl adjacent to an activating group) is 1. The van der Waals surface area contributed by atoms with Crippen molar-refractivity contribution in [3.05, 3.63) is 24.0 Å². The van der Waals surface area contributed by atoms with Crippen LogP contribution in [0.5, 0.6) is 0 Å². The van der Waals surface area contributed by atoms with E-state index >= 15 is 0 Å². The molecule has 0 radical (unpaired) electrons. The third kappa shape index (κ3) is 4.06. The van der Waals surface area contributed by atoms with Crippen LogP contribution in [-0.4, -0.2) is 48.9 Å². The predicted octanol–water partition coefficient (Wildman–Crippen LogP) is 1.88. The maximum absolute atomic E-state index is 5.85. The normalized spacial score (nSPS) is 22.6. The Balaban J connectivity index is 1.95. The van der Waals surface area contributed by atoms with Crippen molar-refractivity contribution in [3.63, 3.8) is 0 Å². The smallest absolute Gasteiger partial charge is 0.0880 e. The van der Waals surface area contributed by atoms with E-state index in [1.165, 1.54) is 12.1 Å². The monoisotopic (exact) mass is 265 g/mol. The van der Waals surface area contributed by atoms with Crippen LogP contribution in [0.3, 0.4) is 0 Å². The van der Waals surface area contributed by atoms with Gasteiger partial charge < -0.3 is 19.5 Å². The van der Waals surface area contributed by atoms with Crippen LogP contribution in [0.2, 0.25) is 0 Å². The molecule has 0 amide bonds. The molecule has 1 N–H and O–H groups in total. The van der Waals surface area contributed by atoms with E-state index in [1.807, 2.05) is 0 Å². The minimum absolute atomic E-state index is 0.309. The largest absolute Gasteiger partial charge is 0.374 e. The Morgan fingerprint density at radius 1 is 1.53 bits per heavy atom. The van der Waals surface area contributed by atoms with Crippen molar-refractivity contribution in [1.82, 2.24) is 14.8 Å². The lowest BCUT2D eigenvalue weighted by atomic mass is 10.2. The van der Waals surface area contributed by atoms with Gasteiger partial charge in [0, 0.05) is 37.6 Å². The molecule has 1 aromatic heterocycles. The Morgan fingerprint density at radius 3 is 3.11 bits per heavy atom. The molecule has 1 fully saturated rings. The maximum Gasteiger partial charge on any atom is 0.0880 e. The summed E-state index contributed by atoms with van der Waals surface area (Å²) >= 11 is 0. The first kappa shape index (κ1) is 14.6. The van der Waals surface area contributed by atoms with Gasteiger partial charge in [0.25, 0.3) is 0 Å². The Morgan fingerprint density at radius 2 is 2.37 bits per heavy atom. The van der Waals surface area contributed by atoms with Gasteiger partial charge in [0.15, 0.2) is 0 Å². The summed E-state index contributed by atoms with van der Waals surface area (Å²) in [6, 6.07) is 4.74. The van der Waals surface area contributed by atoms with E-state index in [4.69, 9.17) is 4.74 Å².